The molecule has 0 aromatic heterocycles. The van der Waals surface area contributed by atoms with E-state index in [4.69, 9.17) is 0 Å². The third kappa shape index (κ3) is 4.90. The summed E-state index contributed by atoms with van der Waals surface area (Å²) >= 11 is 0. The number of nitrogens with zero attached hydrogens (tertiary/aromatic N) is 1. The molecule has 1 rings (SSSR count). The summed E-state index contributed by atoms with van der Waals surface area (Å²) in [4.78, 5) is 0. The van der Waals surface area contributed by atoms with Crippen LogP contribution in [-0.4, -0.2) is 65.1 Å². The highest BCUT2D eigenvalue weighted by molar-refractivity contribution is 7.93. The molecule has 1 heterocycles. The van der Waals surface area contributed by atoms with Gasteiger partial charge in [-0.25, -0.2) is 21.1 Å². The molecule has 1 N–H and O–H groups in total. The van der Waals surface area contributed by atoms with Gasteiger partial charge in [-0.05, 0) is 19.9 Å². The van der Waals surface area contributed by atoms with Crippen LogP contribution in [0.25, 0.3) is 0 Å². The number of likely N-dealkylation sites (N-methyl/N-ethyl adjacent to an activating group) is 1. The number of sulfone groups is 1. The Kier molecular flexibility index (Phi) is 4.94. The molecule has 0 aromatic carbocycles. The van der Waals surface area contributed by atoms with Crippen LogP contribution in [-0.2, 0) is 19.9 Å². The van der Waals surface area contributed by atoms with Crippen molar-refractivity contribution in [3.05, 3.63) is 0 Å². The third-order valence-corrected chi connectivity index (χ3v) is 5.94. The number of nitrogens with one attached hydrogen (secondary N) is 1. The van der Waals surface area contributed by atoms with Gasteiger partial charge >= 0.3 is 0 Å². The van der Waals surface area contributed by atoms with E-state index in [1.165, 1.54) is 4.31 Å². The summed E-state index contributed by atoms with van der Waals surface area (Å²) in [6, 6.07) is 0.164. The first-order valence-corrected chi connectivity index (χ1v) is 9.24. The van der Waals surface area contributed by atoms with Gasteiger partial charge in [0.1, 0.15) is 9.84 Å². The Morgan fingerprint density at radius 2 is 1.88 bits per heavy atom. The van der Waals surface area contributed by atoms with Gasteiger partial charge in [-0.2, -0.15) is 0 Å². The monoisotopic (exact) mass is 284 g/mol. The third-order valence-electron chi connectivity index (χ3n) is 2.90. The molecule has 6 nitrogen and oxygen atoms in total. The summed E-state index contributed by atoms with van der Waals surface area (Å²) in [7, 11) is -4.88. The van der Waals surface area contributed by atoms with Crippen molar-refractivity contribution in [1.82, 2.24) is 9.62 Å². The number of piperidine rings is 1. The van der Waals surface area contributed by atoms with Gasteiger partial charge in [-0.15, -0.1) is 0 Å². The molecule has 0 saturated carbocycles. The van der Waals surface area contributed by atoms with Gasteiger partial charge in [0.25, 0.3) is 0 Å². The smallest absolute Gasteiger partial charge is 0.215 e. The van der Waals surface area contributed by atoms with Crippen LogP contribution in [0.2, 0.25) is 0 Å². The van der Waals surface area contributed by atoms with Crippen LogP contribution >= 0.6 is 0 Å². The predicted molar refractivity (Wildman–Crippen MR) is 67.2 cm³/mol. The molecule has 1 fully saturated rings. The second-order valence-corrected chi connectivity index (χ2v) is 8.78. The van der Waals surface area contributed by atoms with Crippen LogP contribution in [0, 0.1) is 0 Å². The molecule has 17 heavy (non-hydrogen) atoms. The minimum atomic E-state index is -3.45. The molecule has 1 saturated heterocycles. The molecule has 1 aliphatic rings. The molecule has 0 aliphatic carbocycles. The van der Waals surface area contributed by atoms with Crippen LogP contribution in [0.4, 0.5) is 0 Å². The summed E-state index contributed by atoms with van der Waals surface area (Å²) in [5.41, 5.74) is 0. The van der Waals surface area contributed by atoms with E-state index in [0.29, 0.717) is 13.1 Å². The second kappa shape index (κ2) is 5.64. The minimum Gasteiger partial charge on any atom is -0.316 e. The van der Waals surface area contributed by atoms with E-state index >= 15 is 0 Å². The molecule has 8 heteroatoms. The van der Waals surface area contributed by atoms with E-state index < -0.39 is 19.9 Å². The molecule has 1 aliphatic heterocycles. The molecular weight excluding hydrogens is 264 g/mol. The Bertz CT molecular complexity index is 444. The highest BCUT2D eigenvalue weighted by Crippen LogP contribution is 2.14. The lowest BCUT2D eigenvalue weighted by Crippen LogP contribution is -2.48. The van der Waals surface area contributed by atoms with E-state index in [1.807, 2.05) is 0 Å². The SMILES string of the molecule is CNC1CCCN(S(=O)(=O)CCS(C)(=O)=O)C1. The molecule has 0 radical (unpaired) electrons. The Morgan fingerprint density at radius 1 is 1.24 bits per heavy atom. The Balaban J connectivity index is 2.64. The van der Waals surface area contributed by atoms with Gasteiger partial charge in [-0.3, -0.25) is 0 Å². The quantitative estimate of drug-likeness (QED) is 0.703. The molecule has 0 spiro atoms. The van der Waals surface area contributed by atoms with Gasteiger partial charge in [0.2, 0.25) is 10.0 Å². The molecular formula is C9H20N2O4S2. The lowest BCUT2D eigenvalue weighted by molar-refractivity contribution is 0.293. The number of hydrogen-bond donors (Lipinski definition) is 1. The highest BCUT2D eigenvalue weighted by Gasteiger charge is 2.28. The molecule has 0 amide bonds. The van der Waals surface area contributed by atoms with Gasteiger partial charge in [0, 0.05) is 25.4 Å². The fourth-order valence-electron chi connectivity index (χ4n) is 1.82. The number of rotatable bonds is 5. The standard InChI is InChI=1S/C9H20N2O4S2/c1-10-9-4-3-5-11(8-9)17(14,15)7-6-16(2,12)13/h9-10H,3-8H2,1-2H3. The highest BCUT2D eigenvalue weighted by atomic mass is 32.2. The van der Waals surface area contributed by atoms with Gasteiger partial charge in [-0.1, -0.05) is 0 Å². The minimum absolute atomic E-state index is 0.164. The molecule has 0 bridgehead atoms. The largest absolute Gasteiger partial charge is 0.316 e. The van der Waals surface area contributed by atoms with E-state index in [0.717, 1.165) is 19.1 Å². The van der Waals surface area contributed by atoms with Crippen molar-refractivity contribution in [2.24, 2.45) is 0 Å². The first-order chi connectivity index (χ1) is 7.74. The normalized spacial score (nSPS) is 23.8. The van der Waals surface area contributed by atoms with Crippen molar-refractivity contribution < 1.29 is 16.8 Å². The summed E-state index contributed by atoms with van der Waals surface area (Å²) in [5, 5.41) is 3.05. The van der Waals surface area contributed by atoms with Crippen molar-refractivity contribution in [2.75, 3.05) is 37.9 Å². The zero-order valence-electron chi connectivity index (χ0n) is 10.2. The van der Waals surface area contributed by atoms with Crippen LogP contribution in [0.3, 0.4) is 0 Å². The summed E-state index contributed by atoms with van der Waals surface area (Å²) in [5.74, 6) is -0.627. The van der Waals surface area contributed by atoms with Crippen LogP contribution in [0.1, 0.15) is 12.8 Å². The Labute approximate surface area is 103 Å². The zero-order chi connectivity index (χ0) is 13.1. The van der Waals surface area contributed by atoms with Gasteiger partial charge in [0.05, 0.1) is 11.5 Å². The maximum absolute atomic E-state index is 11.9. The lowest BCUT2D eigenvalue weighted by Gasteiger charge is -2.31. The topological polar surface area (TPSA) is 83.6 Å². The fourth-order valence-corrected chi connectivity index (χ4v) is 4.94. The van der Waals surface area contributed by atoms with E-state index in [-0.39, 0.29) is 17.5 Å². The Morgan fingerprint density at radius 3 is 2.41 bits per heavy atom. The summed E-state index contributed by atoms with van der Waals surface area (Å²) < 4.78 is 47.2. The van der Waals surface area contributed by atoms with Gasteiger partial charge < -0.3 is 5.32 Å². The second-order valence-electron chi connectivity index (χ2n) is 4.43. The predicted octanol–water partition coefficient (Wildman–Crippen LogP) is -0.955. The molecule has 1 unspecified atom stereocenters. The van der Waals surface area contributed by atoms with Crippen LogP contribution < -0.4 is 5.32 Å². The molecule has 102 valence electrons. The van der Waals surface area contributed by atoms with Crippen molar-refractivity contribution in [2.45, 2.75) is 18.9 Å². The van der Waals surface area contributed by atoms with Crippen molar-refractivity contribution in [1.29, 1.82) is 0 Å². The number of hydrogen-bond acceptors (Lipinski definition) is 5. The average Bonchev–Trinajstić information content (AvgIpc) is 2.26. The van der Waals surface area contributed by atoms with Crippen molar-refractivity contribution >= 4 is 19.9 Å². The maximum atomic E-state index is 11.9. The molecule has 1 atom stereocenters. The first kappa shape index (κ1) is 14.9. The van der Waals surface area contributed by atoms with Crippen LogP contribution in [0.15, 0.2) is 0 Å². The zero-order valence-corrected chi connectivity index (χ0v) is 11.8. The van der Waals surface area contributed by atoms with Crippen LogP contribution in [0.5, 0.6) is 0 Å². The average molecular weight is 284 g/mol. The van der Waals surface area contributed by atoms with Gasteiger partial charge in [0.15, 0.2) is 0 Å². The summed E-state index contributed by atoms with van der Waals surface area (Å²) in [6.45, 7) is 0.923. The first-order valence-electron chi connectivity index (χ1n) is 5.57. The van der Waals surface area contributed by atoms with Crippen molar-refractivity contribution in [3.63, 3.8) is 0 Å². The van der Waals surface area contributed by atoms with E-state index in [2.05, 4.69) is 5.32 Å². The lowest BCUT2D eigenvalue weighted by atomic mass is 10.1. The fraction of sp³-hybridized carbons (Fsp3) is 1.00. The van der Waals surface area contributed by atoms with E-state index in [9.17, 15) is 16.8 Å². The van der Waals surface area contributed by atoms with E-state index in [1.54, 1.807) is 7.05 Å². The maximum Gasteiger partial charge on any atom is 0.215 e. The number of sulfonamides is 1. The van der Waals surface area contributed by atoms with Crippen molar-refractivity contribution in [3.8, 4) is 0 Å². The molecule has 0 aromatic rings. The summed E-state index contributed by atoms with van der Waals surface area (Å²) in [6.07, 6.45) is 2.81. The Hall–Kier alpha value is -0.180.